The Morgan fingerprint density at radius 3 is 2.81 bits per heavy atom. The standard InChI is InChI=1S/C14H17BrN4O2/c1-14(2,3)21-13(20)18-7-11(8-18)19-6-9-4-10(15)5-16-12(9)17-19/h4-6,11H,7-8H2,1-3H3. The molecule has 6 nitrogen and oxygen atoms in total. The average Bonchev–Trinajstić information content (AvgIpc) is 2.66. The Balaban J connectivity index is 1.66. The number of carbonyl (C=O) groups excluding carboxylic acids is 1. The molecule has 7 heteroatoms. The van der Waals surface area contributed by atoms with E-state index in [0.29, 0.717) is 18.7 Å². The van der Waals surface area contributed by atoms with Gasteiger partial charge in [0.2, 0.25) is 0 Å². The van der Waals surface area contributed by atoms with Crippen LogP contribution in [0.4, 0.5) is 4.79 Å². The summed E-state index contributed by atoms with van der Waals surface area (Å²) in [5, 5.41) is 5.44. The molecule has 0 atom stereocenters. The molecule has 1 amide bonds. The van der Waals surface area contributed by atoms with Crippen molar-refractivity contribution in [3.8, 4) is 0 Å². The summed E-state index contributed by atoms with van der Waals surface area (Å²) in [7, 11) is 0. The zero-order chi connectivity index (χ0) is 15.2. The largest absolute Gasteiger partial charge is 0.444 e. The first kappa shape index (κ1) is 14.3. The fourth-order valence-corrected chi connectivity index (χ4v) is 2.54. The first-order chi connectivity index (χ1) is 9.82. The second kappa shape index (κ2) is 4.98. The normalized spacial score (nSPS) is 16.1. The van der Waals surface area contributed by atoms with Crippen molar-refractivity contribution >= 4 is 33.1 Å². The monoisotopic (exact) mass is 352 g/mol. The lowest BCUT2D eigenvalue weighted by Gasteiger charge is -2.39. The SMILES string of the molecule is CC(C)(C)OC(=O)N1CC(n2cc3cc(Br)cnc3n2)C1. The fraction of sp³-hybridized carbons (Fsp3) is 0.500. The van der Waals surface area contributed by atoms with Crippen LogP contribution >= 0.6 is 15.9 Å². The number of halogens is 1. The molecule has 2 aromatic heterocycles. The lowest BCUT2D eigenvalue weighted by Crippen LogP contribution is -2.52. The van der Waals surface area contributed by atoms with Gasteiger partial charge in [0.1, 0.15) is 5.60 Å². The molecule has 1 aliphatic rings. The van der Waals surface area contributed by atoms with Crippen molar-refractivity contribution in [1.82, 2.24) is 19.7 Å². The zero-order valence-corrected chi connectivity index (χ0v) is 13.8. The van der Waals surface area contributed by atoms with Gasteiger partial charge in [-0.25, -0.2) is 9.78 Å². The van der Waals surface area contributed by atoms with Gasteiger partial charge >= 0.3 is 6.09 Å². The van der Waals surface area contributed by atoms with Crippen molar-refractivity contribution in [2.45, 2.75) is 32.4 Å². The highest BCUT2D eigenvalue weighted by Crippen LogP contribution is 2.25. The summed E-state index contributed by atoms with van der Waals surface area (Å²) in [6.45, 7) is 6.83. The van der Waals surface area contributed by atoms with E-state index in [2.05, 4.69) is 26.0 Å². The first-order valence-corrected chi connectivity index (χ1v) is 7.59. The maximum atomic E-state index is 11.9. The quantitative estimate of drug-likeness (QED) is 0.791. The molecular formula is C14H17BrN4O2. The first-order valence-electron chi connectivity index (χ1n) is 6.80. The number of likely N-dealkylation sites (tertiary alicyclic amines) is 1. The van der Waals surface area contributed by atoms with E-state index in [1.54, 1.807) is 11.1 Å². The number of aromatic nitrogens is 3. The number of hydrogen-bond acceptors (Lipinski definition) is 4. The third kappa shape index (κ3) is 3.02. The second-order valence-corrected chi connectivity index (χ2v) is 7.13. The van der Waals surface area contributed by atoms with E-state index >= 15 is 0 Å². The number of carbonyl (C=O) groups is 1. The highest BCUT2D eigenvalue weighted by atomic mass is 79.9. The molecule has 0 N–H and O–H groups in total. The minimum Gasteiger partial charge on any atom is -0.444 e. The summed E-state index contributed by atoms with van der Waals surface area (Å²) in [6.07, 6.45) is 3.42. The molecule has 0 spiro atoms. The van der Waals surface area contributed by atoms with Crippen LogP contribution in [0.15, 0.2) is 22.9 Å². The van der Waals surface area contributed by atoms with Gasteiger partial charge in [0, 0.05) is 35.3 Å². The van der Waals surface area contributed by atoms with Crippen LogP contribution < -0.4 is 0 Å². The molecule has 1 aliphatic heterocycles. The van der Waals surface area contributed by atoms with Crippen molar-refractivity contribution in [2.75, 3.05) is 13.1 Å². The van der Waals surface area contributed by atoms with Crippen LogP contribution in [0.2, 0.25) is 0 Å². The molecule has 3 heterocycles. The van der Waals surface area contributed by atoms with Crippen LogP contribution in [-0.4, -0.2) is 44.4 Å². The molecule has 21 heavy (non-hydrogen) atoms. The Morgan fingerprint density at radius 2 is 2.14 bits per heavy atom. The third-order valence-corrected chi connectivity index (χ3v) is 3.67. The van der Waals surface area contributed by atoms with Crippen molar-refractivity contribution in [3.05, 3.63) is 22.9 Å². The molecule has 1 saturated heterocycles. The highest BCUT2D eigenvalue weighted by Gasteiger charge is 2.35. The average molecular weight is 353 g/mol. The minimum atomic E-state index is -0.460. The lowest BCUT2D eigenvalue weighted by atomic mass is 10.1. The smallest absolute Gasteiger partial charge is 0.410 e. The van der Waals surface area contributed by atoms with Crippen LogP contribution in [0.3, 0.4) is 0 Å². The number of hydrogen-bond donors (Lipinski definition) is 0. The fourth-order valence-electron chi connectivity index (χ4n) is 2.19. The van der Waals surface area contributed by atoms with Gasteiger partial charge < -0.3 is 9.64 Å². The molecule has 0 bridgehead atoms. The molecule has 0 unspecified atom stereocenters. The van der Waals surface area contributed by atoms with Crippen molar-refractivity contribution < 1.29 is 9.53 Å². The maximum absolute atomic E-state index is 11.9. The van der Waals surface area contributed by atoms with Crippen molar-refractivity contribution in [2.24, 2.45) is 0 Å². The second-order valence-electron chi connectivity index (χ2n) is 6.21. The van der Waals surface area contributed by atoms with Crippen LogP contribution in [-0.2, 0) is 4.74 Å². The molecule has 1 fully saturated rings. The number of fused-ring (bicyclic) bond motifs is 1. The molecule has 112 valence electrons. The summed E-state index contributed by atoms with van der Waals surface area (Å²) in [6, 6.07) is 2.17. The van der Waals surface area contributed by atoms with E-state index in [-0.39, 0.29) is 12.1 Å². The van der Waals surface area contributed by atoms with E-state index in [1.807, 2.05) is 37.7 Å². The summed E-state index contributed by atoms with van der Waals surface area (Å²) in [4.78, 5) is 17.8. The number of rotatable bonds is 1. The van der Waals surface area contributed by atoms with Crippen LogP contribution in [0.5, 0.6) is 0 Å². The molecule has 0 aromatic carbocycles. The number of nitrogens with zero attached hydrogens (tertiary/aromatic N) is 4. The van der Waals surface area contributed by atoms with Gasteiger partial charge in [-0.05, 0) is 42.8 Å². The molecule has 0 aliphatic carbocycles. The Hall–Kier alpha value is -1.63. The van der Waals surface area contributed by atoms with E-state index in [0.717, 1.165) is 9.86 Å². The van der Waals surface area contributed by atoms with Gasteiger partial charge in [-0.3, -0.25) is 4.68 Å². The maximum Gasteiger partial charge on any atom is 0.410 e. The van der Waals surface area contributed by atoms with Gasteiger partial charge in [0.25, 0.3) is 0 Å². The highest BCUT2D eigenvalue weighted by molar-refractivity contribution is 9.10. The predicted molar refractivity (Wildman–Crippen MR) is 82.1 cm³/mol. The number of ether oxygens (including phenoxy) is 1. The molecule has 2 aromatic rings. The lowest BCUT2D eigenvalue weighted by molar-refractivity contribution is -0.000300. The number of amides is 1. The minimum absolute atomic E-state index is 0.186. The Labute approximate surface area is 131 Å². The van der Waals surface area contributed by atoms with Crippen molar-refractivity contribution in [3.63, 3.8) is 0 Å². The summed E-state index contributed by atoms with van der Waals surface area (Å²) in [5.41, 5.74) is 0.257. The van der Waals surface area contributed by atoms with E-state index in [1.165, 1.54) is 0 Å². The zero-order valence-electron chi connectivity index (χ0n) is 12.2. The molecular weight excluding hydrogens is 336 g/mol. The topological polar surface area (TPSA) is 60.2 Å². The third-order valence-electron chi connectivity index (χ3n) is 3.23. The van der Waals surface area contributed by atoms with Gasteiger partial charge in [-0.2, -0.15) is 5.10 Å². The van der Waals surface area contributed by atoms with Crippen molar-refractivity contribution in [1.29, 1.82) is 0 Å². The number of pyridine rings is 1. The summed E-state index contributed by atoms with van der Waals surface area (Å²) < 4.78 is 8.15. The van der Waals surface area contributed by atoms with Gasteiger partial charge in [0.05, 0.1) is 6.04 Å². The van der Waals surface area contributed by atoms with Gasteiger partial charge in [-0.1, -0.05) is 0 Å². The summed E-state index contributed by atoms with van der Waals surface area (Å²) in [5.74, 6) is 0. The Bertz CT molecular complexity index is 686. The van der Waals surface area contributed by atoms with E-state index < -0.39 is 5.60 Å². The predicted octanol–water partition coefficient (Wildman–Crippen LogP) is 2.99. The Kier molecular flexibility index (Phi) is 3.39. The molecule has 0 saturated carbocycles. The Morgan fingerprint density at radius 1 is 1.43 bits per heavy atom. The van der Waals surface area contributed by atoms with E-state index in [4.69, 9.17) is 4.74 Å². The van der Waals surface area contributed by atoms with E-state index in [9.17, 15) is 4.79 Å². The van der Waals surface area contributed by atoms with Crippen LogP contribution in [0, 0.1) is 0 Å². The molecule has 0 radical (unpaired) electrons. The van der Waals surface area contributed by atoms with Gasteiger partial charge in [0.15, 0.2) is 5.65 Å². The van der Waals surface area contributed by atoms with Crippen LogP contribution in [0.25, 0.3) is 11.0 Å². The molecule has 3 rings (SSSR count). The summed E-state index contributed by atoms with van der Waals surface area (Å²) >= 11 is 3.40. The van der Waals surface area contributed by atoms with Gasteiger partial charge in [-0.15, -0.1) is 0 Å². The van der Waals surface area contributed by atoms with Crippen LogP contribution in [0.1, 0.15) is 26.8 Å².